The van der Waals surface area contributed by atoms with Gasteiger partial charge in [0.25, 0.3) is 0 Å². The first-order valence-corrected chi connectivity index (χ1v) is 6.29. The quantitative estimate of drug-likeness (QED) is 0.824. The summed E-state index contributed by atoms with van der Waals surface area (Å²) in [6, 6.07) is 9.65. The van der Waals surface area contributed by atoms with E-state index in [1.807, 2.05) is 24.3 Å². The fourth-order valence-corrected chi connectivity index (χ4v) is 1.89. The maximum absolute atomic E-state index is 9.07. The minimum atomic E-state index is 0.407. The number of benzene rings is 1. The van der Waals surface area contributed by atoms with E-state index in [1.165, 1.54) is 0 Å². The lowest BCUT2D eigenvalue weighted by molar-refractivity contribution is 0.414. The molecule has 0 unspecified atom stereocenters. The maximum Gasteiger partial charge on any atom is 0.186 e. The van der Waals surface area contributed by atoms with Crippen LogP contribution in [0.15, 0.2) is 24.3 Å². The molecule has 1 aromatic heterocycles. The SMILES string of the molecule is CCCCc1c(C#N)nnn1-c1ccc(OC)cc1. The molecule has 0 bridgehead atoms. The smallest absolute Gasteiger partial charge is 0.186 e. The summed E-state index contributed by atoms with van der Waals surface area (Å²) in [6.07, 6.45) is 2.88. The number of hydrogen-bond acceptors (Lipinski definition) is 4. The summed E-state index contributed by atoms with van der Waals surface area (Å²) in [4.78, 5) is 0. The Labute approximate surface area is 112 Å². The van der Waals surface area contributed by atoms with E-state index in [-0.39, 0.29) is 0 Å². The van der Waals surface area contributed by atoms with Gasteiger partial charge in [0, 0.05) is 0 Å². The summed E-state index contributed by atoms with van der Waals surface area (Å²) in [6.45, 7) is 2.12. The van der Waals surface area contributed by atoms with Crippen molar-refractivity contribution < 1.29 is 4.74 Å². The highest BCUT2D eigenvalue weighted by atomic mass is 16.5. The molecule has 0 atom stereocenters. The van der Waals surface area contributed by atoms with Gasteiger partial charge in [-0.2, -0.15) is 5.26 Å². The summed E-state index contributed by atoms with van der Waals surface area (Å²) in [5.74, 6) is 0.791. The number of unbranched alkanes of at least 4 members (excludes halogenated alkanes) is 1. The van der Waals surface area contributed by atoms with Crippen LogP contribution < -0.4 is 4.74 Å². The van der Waals surface area contributed by atoms with Gasteiger partial charge in [0.05, 0.1) is 18.5 Å². The predicted molar refractivity (Wildman–Crippen MR) is 71.2 cm³/mol. The van der Waals surface area contributed by atoms with Crippen LogP contribution in [-0.2, 0) is 6.42 Å². The highest BCUT2D eigenvalue weighted by Gasteiger charge is 2.13. The van der Waals surface area contributed by atoms with Crippen LogP contribution in [0, 0.1) is 11.3 Å². The van der Waals surface area contributed by atoms with Crippen molar-refractivity contribution in [2.45, 2.75) is 26.2 Å². The average Bonchev–Trinajstić information content (AvgIpc) is 2.88. The zero-order valence-electron chi connectivity index (χ0n) is 11.1. The highest BCUT2D eigenvalue weighted by molar-refractivity contribution is 5.40. The fourth-order valence-electron chi connectivity index (χ4n) is 1.89. The van der Waals surface area contributed by atoms with Crippen LogP contribution >= 0.6 is 0 Å². The molecule has 5 heteroatoms. The van der Waals surface area contributed by atoms with E-state index < -0.39 is 0 Å². The molecule has 1 aromatic carbocycles. The number of ether oxygens (including phenoxy) is 1. The molecule has 0 aliphatic rings. The second-order valence-corrected chi connectivity index (χ2v) is 4.21. The lowest BCUT2D eigenvalue weighted by atomic mass is 10.1. The standard InChI is InChI=1S/C14H16N4O/c1-3-4-5-14-13(10-15)16-17-18(14)11-6-8-12(19-2)9-7-11/h6-9H,3-5H2,1-2H3. The largest absolute Gasteiger partial charge is 0.497 e. The summed E-state index contributed by atoms with van der Waals surface area (Å²) < 4.78 is 6.86. The van der Waals surface area contributed by atoms with Gasteiger partial charge in [-0.05, 0) is 37.1 Å². The van der Waals surface area contributed by atoms with Crippen molar-refractivity contribution in [2.24, 2.45) is 0 Å². The van der Waals surface area contributed by atoms with Crippen LogP contribution in [0.3, 0.4) is 0 Å². The molecule has 5 nitrogen and oxygen atoms in total. The van der Waals surface area contributed by atoms with Gasteiger partial charge in [-0.1, -0.05) is 18.6 Å². The van der Waals surface area contributed by atoms with E-state index in [0.29, 0.717) is 5.69 Å². The Morgan fingerprint density at radius 2 is 2.05 bits per heavy atom. The van der Waals surface area contributed by atoms with Crippen molar-refractivity contribution in [1.82, 2.24) is 15.0 Å². The maximum atomic E-state index is 9.07. The predicted octanol–water partition coefficient (Wildman–Crippen LogP) is 2.49. The van der Waals surface area contributed by atoms with E-state index in [2.05, 4.69) is 23.3 Å². The lowest BCUT2D eigenvalue weighted by Crippen LogP contribution is -2.03. The van der Waals surface area contributed by atoms with E-state index in [4.69, 9.17) is 10.00 Å². The van der Waals surface area contributed by atoms with Crippen molar-refractivity contribution >= 4 is 0 Å². The summed E-state index contributed by atoms with van der Waals surface area (Å²) in [7, 11) is 1.63. The molecule has 98 valence electrons. The van der Waals surface area contributed by atoms with E-state index in [0.717, 1.165) is 36.4 Å². The number of hydrogen-bond donors (Lipinski definition) is 0. The fraction of sp³-hybridized carbons (Fsp3) is 0.357. The van der Waals surface area contributed by atoms with Crippen LogP contribution in [0.4, 0.5) is 0 Å². The third-order valence-electron chi connectivity index (χ3n) is 2.95. The van der Waals surface area contributed by atoms with Crippen LogP contribution in [0.25, 0.3) is 5.69 Å². The monoisotopic (exact) mass is 256 g/mol. The second kappa shape index (κ2) is 6.01. The zero-order valence-corrected chi connectivity index (χ0v) is 11.1. The van der Waals surface area contributed by atoms with Crippen molar-refractivity contribution in [3.05, 3.63) is 35.7 Å². The van der Waals surface area contributed by atoms with E-state index >= 15 is 0 Å². The van der Waals surface area contributed by atoms with Gasteiger partial charge in [0.1, 0.15) is 11.8 Å². The summed E-state index contributed by atoms with van der Waals surface area (Å²) >= 11 is 0. The van der Waals surface area contributed by atoms with E-state index in [9.17, 15) is 0 Å². The third kappa shape index (κ3) is 2.74. The van der Waals surface area contributed by atoms with Crippen LogP contribution in [0.1, 0.15) is 31.2 Å². The molecule has 19 heavy (non-hydrogen) atoms. The van der Waals surface area contributed by atoms with Crippen LogP contribution in [-0.4, -0.2) is 22.1 Å². The van der Waals surface area contributed by atoms with Gasteiger partial charge in [-0.3, -0.25) is 0 Å². The van der Waals surface area contributed by atoms with Crippen LogP contribution in [0.2, 0.25) is 0 Å². The Balaban J connectivity index is 2.37. The number of nitrogens with zero attached hydrogens (tertiary/aromatic N) is 4. The Hall–Kier alpha value is -2.35. The van der Waals surface area contributed by atoms with E-state index in [1.54, 1.807) is 11.8 Å². The summed E-state index contributed by atoms with van der Waals surface area (Å²) in [5, 5.41) is 17.1. The van der Waals surface area contributed by atoms with Gasteiger partial charge < -0.3 is 4.74 Å². The van der Waals surface area contributed by atoms with Crippen molar-refractivity contribution in [2.75, 3.05) is 7.11 Å². The summed E-state index contributed by atoms with van der Waals surface area (Å²) in [5.41, 5.74) is 2.17. The Morgan fingerprint density at radius 1 is 1.32 bits per heavy atom. The molecule has 0 aliphatic carbocycles. The van der Waals surface area contributed by atoms with Gasteiger partial charge in [-0.15, -0.1) is 5.10 Å². The molecule has 0 radical (unpaired) electrons. The molecule has 0 amide bonds. The molecule has 0 fully saturated rings. The van der Waals surface area contributed by atoms with Crippen molar-refractivity contribution in [1.29, 1.82) is 5.26 Å². The number of methoxy groups -OCH3 is 1. The van der Waals surface area contributed by atoms with Gasteiger partial charge >= 0.3 is 0 Å². The number of nitriles is 1. The minimum absolute atomic E-state index is 0.407. The topological polar surface area (TPSA) is 63.7 Å². The first kappa shape index (κ1) is 13.1. The number of aromatic nitrogens is 3. The molecule has 1 heterocycles. The average molecular weight is 256 g/mol. The van der Waals surface area contributed by atoms with Crippen molar-refractivity contribution in [3.63, 3.8) is 0 Å². The minimum Gasteiger partial charge on any atom is -0.497 e. The van der Waals surface area contributed by atoms with Gasteiger partial charge in [0.2, 0.25) is 0 Å². The molecular weight excluding hydrogens is 240 g/mol. The highest BCUT2D eigenvalue weighted by Crippen LogP contribution is 2.18. The molecular formula is C14H16N4O. The molecule has 0 spiro atoms. The zero-order chi connectivity index (χ0) is 13.7. The third-order valence-corrected chi connectivity index (χ3v) is 2.95. The first-order valence-electron chi connectivity index (χ1n) is 6.29. The molecule has 2 aromatic rings. The molecule has 0 saturated carbocycles. The van der Waals surface area contributed by atoms with Crippen molar-refractivity contribution in [3.8, 4) is 17.5 Å². The Kier molecular flexibility index (Phi) is 4.14. The van der Waals surface area contributed by atoms with Gasteiger partial charge in [0.15, 0.2) is 5.69 Å². The Bertz CT molecular complexity index is 580. The molecule has 0 N–H and O–H groups in total. The number of rotatable bonds is 5. The van der Waals surface area contributed by atoms with Gasteiger partial charge in [-0.25, -0.2) is 4.68 Å². The molecule has 2 rings (SSSR count). The Morgan fingerprint density at radius 3 is 2.63 bits per heavy atom. The second-order valence-electron chi connectivity index (χ2n) is 4.21. The normalized spacial score (nSPS) is 10.2. The lowest BCUT2D eigenvalue weighted by Gasteiger charge is -2.07. The van der Waals surface area contributed by atoms with Crippen LogP contribution in [0.5, 0.6) is 5.75 Å². The molecule has 0 saturated heterocycles. The molecule has 0 aliphatic heterocycles. The first-order chi connectivity index (χ1) is 9.30.